The third-order valence-electron chi connectivity index (χ3n) is 4.33. The Hall–Kier alpha value is -3.19. The summed E-state index contributed by atoms with van der Waals surface area (Å²) in [5, 5.41) is 13.0. The molecule has 0 saturated carbocycles. The molecule has 0 amide bonds. The van der Waals surface area contributed by atoms with E-state index in [2.05, 4.69) is 0 Å². The third kappa shape index (κ3) is 3.54. The number of ketones is 1. The molecule has 0 unspecified atom stereocenters. The Labute approximate surface area is 159 Å². The van der Waals surface area contributed by atoms with Crippen molar-refractivity contribution >= 4 is 22.8 Å². The molecule has 0 N–H and O–H groups in total. The minimum Gasteiger partial charge on any atom is -0.493 e. The van der Waals surface area contributed by atoms with Crippen LogP contribution < -0.4 is 9.47 Å². The van der Waals surface area contributed by atoms with Crippen LogP contribution in [-0.4, -0.2) is 23.9 Å². The number of rotatable bonds is 6. The van der Waals surface area contributed by atoms with E-state index in [9.17, 15) is 14.9 Å². The van der Waals surface area contributed by atoms with Crippen LogP contribution in [0.3, 0.4) is 0 Å². The number of nitro benzene ring substituents is 1. The topological polar surface area (TPSA) is 78.7 Å². The Bertz CT molecular complexity index is 1010. The van der Waals surface area contributed by atoms with Crippen LogP contribution in [0.4, 0.5) is 5.69 Å². The Kier molecular flexibility index (Phi) is 4.60. The van der Waals surface area contributed by atoms with E-state index in [0.29, 0.717) is 23.5 Å². The second-order valence-corrected chi connectivity index (χ2v) is 7.00. The van der Waals surface area contributed by atoms with Gasteiger partial charge in [0.05, 0.1) is 11.5 Å². The molecular weight excluding hydrogens is 366 g/mol. The molecule has 2 heterocycles. The van der Waals surface area contributed by atoms with Crippen molar-refractivity contribution < 1.29 is 19.2 Å². The minimum atomic E-state index is -0.446. The van der Waals surface area contributed by atoms with Gasteiger partial charge in [0.25, 0.3) is 5.69 Å². The van der Waals surface area contributed by atoms with Gasteiger partial charge in [-0.2, -0.15) is 0 Å². The Morgan fingerprint density at radius 1 is 1.22 bits per heavy atom. The smallest absolute Gasteiger partial charge is 0.270 e. The zero-order chi connectivity index (χ0) is 18.8. The van der Waals surface area contributed by atoms with Gasteiger partial charge in [0.1, 0.15) is 11.5 Å². The summed E-state index contributed by atoms with van der Waals surface area (Å²) in [7, 11) is 0. The molecule has 1 aliphatic rings. The molecule has 0 fully saturated rings. The molecule has 0 spiro atoms. The van der Waals surface area contributed by atoms with Crippen molar-refractivity contribution in [3.63, 3.8) is 0 Å². The summed E-state index contributed by atoms with van der Waals surface area (Å²) in [6.45, 7) is 0.492. The number of ether oxygens (including phenoxy) is 2. The van der Waals surface area contributed by atoms with Crippen LogP contribution in [0.1, 0.15) is 15.9 Å². The van der Waals surface area contributed by atoms with Crippen molar-refractivity contribution in [1.29, 1.82) is 0 Å². The van der Waals surface area contributed by atoms with Crippen LogP contribution in [0.2, 0.25) is 0 Å². The average Bonchev–Trinajstić information content (AvgIpc) is 3.36. The highest BCUT2D eigenvalue weighted by Gasteiger charge is 2.18. The van der Waals surface area contributed by atoms with E-state index in [1.54, 1.807) is 12.1 Å². The average molecular weight is 381 g/mol. The van der Waals surface area contributed by atoms with E-state index >= 15 is 0 Å². The molecule has 3 aromatic rings. The molecule has 0 atom stereocenters. The maximum atomic E-state index is 12.5. The second-order valence-electron chi connectivity index (χ2n) is 6.05. The van der Waals surface area contributed by atoms with E-state index in [1.165, 1.54) is 29.5 Å². The molecule has 136 valence electrons. The fourth-order valence-corrected chi connectivity index (χ4v) is 3.72. The van der Waals surface area contributed by atoms with Crippen molar-refractivity contribution in [2.24, 2.45) is 0 Å². The van der Waals surface area contributed by atoms with Crippen LogP contribution in [0.25, 0.3) is 10.4 Å². The summed E-state index contributed by atoms with van der Waals surface area (Å²) in [6.07, 6.45) is 0.794. The summed E-state index contributed by atoms with van der Waals surface area (Å²) >= 11 is 1.45. The SMILES string of the molecule is O=C(COc1ccc([N+](=O)[O-])cc1-c1cccs1)c1ccc2c(c1)CCO2. The second kappa shape index (κ2) is 7.20. The first-order valence-electron chi connectivity index (χ1n) is 8.36. The summed E-state index contributed by atoms with van der Waals surface area (Å²) < 4.78 is 11.2. The lowest BCUT2D eigenvalue weighted by Gasteiger charge is -2.10. The molecule has 27 heavy (non-hydrogen) atoms. The molecule has 1 aromatic heterocycles. The van der Waals surface area contributed by atoms with Crippen molar-refractivity contribution in [2.75, 3.05) is 13.2 Å². The van der Waals surface area contributed by atoms with Gasteiger partial charge in [-0.05, 0) is 41.3 Å². The molecule has 0 aliphatic carbocycles. The van der Waals surface area contributed by atoms with Crippen LogP contribution >= 0.6 is 11.3 Å². The highest BCUT2D eigenvalue weighted by Crippen LogP contribution is 2.36. The number of carbonyl (C=O) groups is 1. The number of thiophene rings is 1. The Morgan fingerprint density at radius 2 is 2.11 bits per heavy atom. The van der Waals surface area contributed by atoms with Gasteiger partial charge in [-0.15, -0.1) is 11.3 Å². The van der Waals surface area contributed by atoms with E-state index in [0.717, 1.165) is 22.6 Å². The number of carbonyl (C=O) groups excluding carboxylic acids is 1. The first kappa shape index (κ1) is 17.2. The van der Waals surface area contributed by atoms with Gasteiger partial charge in [-0.3, -0.25) is 14.9 Å². The van der Waals surface area contributed by atoms with E-state index in [-0.39, 0.29) is 18.1 Å². The minimum absolute atomic E-state index is 0.0179. The van der Waals surface area contributed by atoms with E-state index < -0.39 is 4.92 Å². The summed E-state index contributed by atoms with van der Waals surface area (Å²) in [4.78, 5) is 24.0. The normalized spacial score (nSPS) is 12.3. The van der Waals surface area contributed by atoms with Crippen molar-refractivity contribution in [3.05, 3.63) is 75.2 Å². The Morgan fingerprint density at radius 3 is 2.89 bits per heavy atom. The highest BCUT2D eigenvalue weighted by molar-refractivity contribution is 7.13. The van der Waals surface area contributed by atoms with Gasteiger partial charge in [0, 0.05) is 34.6 Å². The molecule has 0 bridgehead atoms. The lowest BCUT2D eigenvalue weighted by molar-refractivity contribution is -0.384. The van der Waals surface area contributed by atoms with Crippen LogP contribution in [0, 0.1) is 10.1 Å². The van der Waals surface area contributed by atoms with Gasteiger partial charge in [0.15, 0.2) is 12.4 Å². The van der Waals surface area contributed by atoms with Crippen LogP contribution in [-0.2, 0) is 6.42 Å². The summed E-state index contributed by atoms with van der Waals surface area (Å²) in [5.41, 5.74) is 2.18. The number of fused-ring (bicyclic) bond motifs is 1. The van der Waals surface area contributed by atoms with E-state index in [1.807, 2.05) is 23.6 Å². The fourth-order valence-electron chi connectivity index (χ4n) is 2.97. The van der Waals surface area contributed by atoms with E-state index in [4.69, 9.17) is 9.47 Å². The monoisotopic (exact) mass is 381 g/mol. The molecule has 4 rings (SSSR count). The maximum Gasteiger partial charge on any atom is 0.270 e. The molecular formula is C20H15NO5S. The molecule has 7 heteroatoms. The lowest BCUT2D eigenvalue weighted by Crippen LogP contribution is -2.12. The number of benzene rings is 2. The Balaban J connectivity index is 1.55. The van der Waals surface area contributed by atoms with Crippen LogP contribution in [0.5, 0.6) is 11.5 Å². The number of Topliss-reactive ketones (excluding diaryl/α,β-unsaturated/α-hetero) is 1. The molecule has 2 aromatic carbocycles. The van der Waals surface area contributed by atoms with Crippen LogP contribution in [0.15, 0.2) is 53.9 Å². The predicted octanol–water partition coefficient (Wildman–Crippen LogP) is 4.52. The zero-order valence-corrected chi connectivity index (χ0v) is 15.0. The van der Waals surface area contributed by atoms with Crippen molar-refractivity contribution in [2.45, 2.75) is 6.42 Å². The van der Waals surface area contributed by atoms with Gasteiger partial charge < -0.3 is 9.47 Å². The molecule has 0 saturated heterocycles. The highest BCUT2D eigenvalue weighted by atomic mass is 32.1. The van der Waals surface area contributed by atoms with Gasteiger partial charge in [-0.25, -0.2) is 0 Å². The maximum absolute atomic E-state index is 12.5. The molecule has 0 radical (unpaired) electrons. The first-order valence-corrected chi connectivity index (χ1v) is 9.24. The number of non-ortho nitro benzene ring substituents is 1. The zero-order valence-electron chi connectivity index (χ0n) is 14.2. The number of hydrogen-bond acceptors (Lipinski definition) is 6. The van der Waals surface area contributed by atoms with Gasteiger partial charge in [0.2, 0.25) is 0 Å². The standard InChI is InChI=1S/C20H15NO5S/c22-17(13-3-5-18-14(10-13)7-8-25-18)12-26-19-6-4-15(21(23)24)11-16(19)20-2-1-9-27-20/h1-6,9-11H,7-8,12H2. The third-order valence-corrected chi connectivity index (χ3v) is 5.23. The number of hydrogen-bond donors (Lipinski definition) is 0. The largest absolute Gasteiger partial charge is 0.493 e. The molecule has 6 nitrogen and oxygen atoms in total. The molecule has 1 aliphatic heterocycles. The fraction of sp³-hybridized carbons (Fsp3) is 0.150. The van der Waals surface area contributed by atoms with Crippen molar-refractivity contribution in [3.8, 4) is 21.9 Å². The van der Waals surface area contributed by atoms with Gasteiger partial charge >= 0.3 is 0 Å². The lowest BCUT2D eigenvalue weighted by atomic mass is 10.1. The number of nitro groups is 1. The van der Waals surface area contributed by atoms with Crippen molar-refractivity contribution in [1.82, 2.24) is 0 Å². The van der Waals surface area contributed by atoms with Gasteiger partial charge in [-0.1, -0.05) is 6.07 Å². The summed E-state index contributed by atoms with van der Waals surface area (Å²) in [5.74, 6) is 1.11. The number of nitrogens with zero attached hydrogens (tertiary/aromatic N) is 1. The first-order chi connectivity index (χ1) is 13.1. The summed E-state index contributed by atoms with van der Waals surface area (Å²) in [6, 6.07) is 13.5. The quantitative estimate of drug-likeness (QED) is 0.356. The predicted molar refractivity (Wildman–Crippen MR) is 102 cm³/mol.